The lowest BCUT2D eigenvalue weighted by Gasteiger charge is -2.19. The Labute approximate surface area is 180 Å². The second-order valence-electron chi connectivity index (χ2n) is 8.41. The smallest absolute Gasteiger partial charge is 0.220 e. The number of rotatable bonds is 21. The molecule has 0 spiro atoms. The standard InChI is InChI=1S/C25H49NO3/c1-3-5-7-9-10-11-12-13-14-15-16-17-19-21-25(29)26-23(22-27)24(28)20-18-8-6-4-2/h18,20,23-24,27-28H,3-17,19,21-22H2,1-2H3,(H,26,29)/b20-18+/t23-,24+/m0/s1. The highest BCUT2D eigenvalue weighted by atomic mass is 16.3. The van der Waals surface area contributed by atoms with Crippen LogP contribution in [0.25, 0.3) is 0 Å². The van der Waals surface area contributed by atoms with E-state index in [1.54, 1.807) is 6.08 Å². The minimum absolute atomic E-state index is 0.0758. The molecule has 0 aliphatic heterocycles. The Morgan fingerprint density at radius 2 is 1.28 bits per heavy atom. The first-order valence-corrected chi connectivity index (χ1v) is 12.4. The topological polar surface area (TPSA) is 69.6 Å². The van der Waals surface area contributed by atoms with Crippen LogP contribution in [0.15, 0.2) is 12.2 Å². The van der Waals surface area contributed by atoms with Crippen LogP contribution >= 0.6 is 0 Å². The van der Waals surface area contributed by atoms with E-state index in [0.29, 0.717) is 6.42 Å². The predicted octanol–water partition coefficient (Wildman–Crippen LogP) is 6.05. The number of carbonyl (C=O) groups is 1. The van der Waals surface area contributed by atoms with E-state index in [2.05, 4.69) is 19.2 Å². The second-order valence-corrected chi connectivity index (χ2v) is 8.41. The van der Waals surface area contributed by atoms with E-state index in [4.69, 9.17) is 0 Å². The van der Waals surface area contributed by atoms with Gasteiger partial charge in [-0.1, -0.05) is 116 Å². The van der Waals surface area contributed by atoms with E-state index in [-0.39, 0.29) is 12.5 Å². The summed E-state index contributed by atoms with van der Waals surface area (Å²) in [7, 11) is 0. The molecule has 0 aliphatic rings. The van der Waals surface area contributed by atoms with Gasteiger partial charge in [0, 0.05) is 6.42 Å². The summed E-state index contributed by atoms with van der Waals surface area (Å²) in [6.45, 7) is 4.14. The Bertz CT molecular complexity index is 384. The highest BCUT2D eigenvalue weighted by Crippen LogP contribution is 2.13. The Kier molecular flexibility index (Phi) is 21.2. The fourth-order valence-electron chi connectivity index (χ4n) is 3.51. The van der Waals surface area contributed by atoms with Crippen LogP contribution < -0.4 is 5.32 Å². The molecule has 0 aliphatic carbocycles. The van der Waals surface area contributed by atoms with Gasteiger partial charge < -0.3 is 15.5 Å². The van der Waals surface area contributed by atoms with Gasteiger partial charge in [-0.25, -0.2) is 0 Å². The van der Waals surface area contributed by atoms with Crippen LogP contribution in [0.1, 0.15) is 123 Å². The molecule has 0 heterocycles. The maximum Gasteiger partial charge on any atom is 0.220 e. The number of allylic oxidation sites excluding steroid dienone is 1. The monoisotopic (exact) mass is 411 g/mol. The van der Waals surface area contributed by atoms with Crippen molar-refractivity contribution in [1.82, 2.24) is 5.32 Å². The van der Waals surface area contributed by atoms with Gasteiger partial charge in [0.25, 0.3) is 0 Å². The van der Waals surface area contributed by atoms with Crippen molar-refractivity contribution in [2.45, 2.75) is 135 Å². The van der Waals surface area contributed by atoms with Crippen LogP contribution in [0.3, 0.4) is 0 Å². The quantitative estimate of drug-likeness (QED) is 0.159. The Balaban J connectivity index is 3.59. The summed E-state index contributed by atoms with van der Waals surface area (Å²) in [5, 5.41) is 22.3. The van der Waals surface area contributed by atoms with Crippen molar-refractivity contribution in [3.05, 3.63) is 12.2 Å². The first kappa shape index (κ1) is 28.1. The summed E-state index contributed by atoms with van der Waals surface area (Å²) in [6.07, 6.45) is 23.1. The fraction of sp³-hybridized carbons (Fsp3) is 0.880. The van der Waals surface area contributed by atoms with Crippen molar-refractivity contribution >= 4 is 5.91 Å². The maximum absolute atomic E-state index is 12.0. The van der Waals surface area contributed by atoms with Gasteiger partial charge in [-0.15, -0.1) is 0 Å². The number of hydrogen-bond donors (Lipinski definition) is 3. The van der Waals surface area contributed by atoms with Crippen molar-refractivity contribution in [2.24, 2.45) is 0 Å². The maximum atomic E-state index is 12.0. The lowest BCUT2D eigenvalue weighted by Crippen LogP contribution is -2.45. The summed E-state index contributed by atoms with van der Waals surface area (Å²) >= 11 is 0. The summed E-state index contributed by atoms with van der Waals surface area (Å²) in [6, 6.07) is -0.609. The Hall–Kier alpha value is -0.870. The van der Waals surface area contributed by atoms with Crippen LogP contribution in [0.2, 0.25) is 0 Å². The van der Waals surface area contributed by atoms with E-state index in [1.807, 2.05) is 6.08 Å². The molecule has 4 nitrogen and oxygen atoms in total. The lowest BCUT2D eigenvalue weighted by atomic mass is 10.0. The molecule has 4 heteroatoms. The molecule has 0 rings (SSSR count). The molecule has 0 radical (unpaired) electrons. The van der Waals surface area contributed by atoms with E-state index < -0.39 is 12.1 Å². The normalized spacial score (nSPS) is 13.7. The largest absolute Gasteiger partial charge is 0.394 e. The molecule has 0 aromatic heterocycles. The fourth-order valence-corrected chi connectivity index (χ4v) is 3.51. The van der Waals surface area contributed by atoms with Crippen LogP contribution in [0.4, 0.5) is 0 Å². The Morgan fingerprint density at radius 1 is 0.793 bits per heavy atom. The van der Waals surface area contributed by atoms with Gasteiger partial charge in [-0.05, 0) is 12.8 Å². The number of hydrogen-bond acceptors (Lipinski definition) is 3. The van der Waals surface area contributed by atoms with Crippen molar-refractivity contribution in [1.29, 1.82) is 0 Å². The molecular formula is C25H49NO3. The second kappa shape index (κ2) is 21.8. The number of nitrogens with one attached hydrogen (secondary N) is 1. The summed E-state index contributed by atoms with van der Waals surface area (Å²) < 4.78 is 0. The van der Waals surface area contributed by atoms with E-state index >= 15 is 0 Å². The van der Waals surface area contributed by atoms with Gasteiger partial charge in [0.1, 0.15) is 0 Å². The van der Waals surface area contributed by atoms with Crippen LogP contribution in [-0.2, 0) is 4.79 Å². The minimum atomic E-state index is -0.826. The van der Waals surface area contributed by atoms with Gasteiger partial charge in [0.05, 0.1) is 18.8 Å². The van der Waals surface area contributed by atoms with Gasteiger partial charge in [0.2, 0.25) is 5.91 Å². The number of aliphatic hydroxyl groups is 2. The SMILES string of the molecule is CCCC/C=C/[C@@H](O)[C@H](CO)NC(=O)CCCCCCCCCCCCCCC. The number of amides is 1. The minimum Gasteiger partial charge on any atom is -0.394 e. The third kappa shape index (κ3) is 18.9. The summed E-state index contributed by atoms with van der Waals surface area (Å²) in [5.41, 5.74) is 0. The summed E-state index contributed by atoms with van der Waals surface area (Å²) in [5.74, 6) is -0.0758. The molecule has 1 amide bonds. The van der Waals surface area contributed by atoms with E-state index in [9.17, 15) is 15.0 Å². The number of carbonyl (C=O) groups excluding carboxylic acids is 1. The summed E-state index contributed by atoms with van der Waals surface area (Å²) in [4.78, 5) is 12.0. The number of aliphatic hydroxyl groups excluding tert-OH is 2. The van der Waals surface area contributed by atoms with Crippen LogP contribution in [-0.4, -0.2) is 34.9 Å². The van der Waals surface area contributed by atoms with Crippen LogP contribution in [0.5, 0.6) is 0 Å². The molecule has 172 valence electrons. The molecule has 0 aromatic carbocycles. The lowest BCUT2D eigenvalue weighted by molar-refractivity contribution is -0.123. The molecule has 0 saturated carbocycles. The first-order valence-electron chi connectivity index (χ1n) is 12.4. The molecule has 0 bridgehead atoms. The highest BCUT2D eigenvalue weighted by Gasteiger charge is 2.17. The van der Waals surface area contributed by atoms with Crippen molar-refractivity contribution in [2.75, 3.05) is 6.61 Å². The molecule has 0 fully saturated rings. The average Bonchev–Trinajstić information content (AvgIpc) is 2.72. The average molecular weight is 412 g/mol. The molecule has 3 N–H and O–H groups in total. The zero-order valence-corrected chi connectivity index (χ0v) is 19.3. The number of unbranched alkanes of at least 4 members (excludes halogenated alkanes) is 14. The first-order chi connectivity index (χ1) is 14.2. The Morgan fingerprint density at radius 3 is 1.76 bits per heavy atom. The van der Waals surface area contributed by atoms with Crippen molar-refractivity contribution in [3.63, 3.8) is 0 Å². The molecular weight excluding hydrogens is 362 g/mol. The molecule has 29 heavy (non-hydrogen) atoms. The van der Waals surface area contributed by atoms with Crippen LogP contribution in [0, 0.1) is 0 Å². The third-order valence-corrected chi connectivity index (χ3v) is 5.52. The van der Waals surface area contributed by atoms with Gasteiger partial charge in [-0.3, -0.25) is 4.79 Å². The third-order valence-electron chi connectivity index (χ3n) is 5.52. The van der Waals surface area contributed by atoms with Crippen molar-refractivity contribution < 1.29 is 15.0 Å². The van der Waals surface area contributed by atoms with Gasteiger partial charge in [0.15, 0.2) is 0 Å². The molecule has 0 saturated heterocycles. The van der Waals surface area contributed by atoms with E-state index in [0.717, 1.165) is 32.1 Å². The zero-order valence-electron chi connectivity index (χ0n) is 19.3. The predicted molar refractivity (Wildman–Crippen MR) is 124 cm³/mol. The van der Waals surface area contributed by atoms with E-state index in [1.165, 1.54) is 70.6 Å². The van der Waals surface area contributed by atoms with Gasteiger partial charge in [-0.2, -0.15) is 0 Å². The molecule has 0 aromatic rings. The highest BCUT2D eigenvalue weighted by molar-refractivity contribution is 5.76. The molecule has 0 unspecified atom stereocenters. The van der Waals surface area contributed by atoms with Crippen molar-refractivity contribution in [3.8, 4) is 0 Å². The van der Waals surface area contributed by atoms with Gasteiger partial charge >= 0.3 is 0 Å². The zero-order chi connectivity index (χ0) is 21.6. The molecule has 2 atom stereocenters.